The topological polar surface area (TPSA) is 71.1 Å². The molecule has 0 aromatic heterocycles. The second kappa shape index (κ2) is 9.90. The van der Waals surface area contributed by atoms with Crippen LogP contribution >= 0.6 is 0 Å². The van der Waals surface area contributed by atoms with Crippen molar-refractivity contribution in [2.45, 2.75) is 44.9 Å². The van der Waals surface area contributed by atoms with Crippen molar-refractivity contribution in [2.24, 2.45) is 11.3 Å². The molecule has 1 spiro atoms. The van der Waals surface area contributed by atoms with Crippen LogP contribution in [0.3, 0.4) is 0 Å². The number of morpholine rings is 1. The summed E-state index contributed by atoms with van der Waals surface area (Å²) in [4.78, 5) is 29.6. The van der Waals surface area contributed by atoms with Gasteiger partial charge in [-0.3, -0.25) is 4.79 Å². The number of carbonyl (C=O) groups is 2. The molecule has 3 amide bonds. The predicted molar refractivity (Wildman–Crippen MR) is 119 cm³/mol. The fourth-order valence-corrected chi connectivity index (χ4v) is 5.55. The maximum atomic E-state index is 13.0. The van der Waals surface area contributed by atoms with E-state index in [1.807, 2.05) is 34.1 Å². The molecule has 1 aliphatic carbocycles. The van der Waals surface area contributed by atoms with Crippen LogP contribution in [-0.2, 0) is 9.53 Å². The first kappa shape index (κ1) is 21.9. The number of likely N-dealkylation sites (tertiary alicyclic amines) is 1. The Morgan fingerprint density at radius 3 is 2.48 bits per heavy atom. The third-order valence-electron chi connectivity index (χ3n) is 7.36. The van der Waals surface area contributed by atoms with Crippen LogP contribution in [0.5, 0.6) is 5.75 Å². The monoisotopic (exact) mass is 429 g/mol. The van der Waals surface area contributed by atoms with E-state index in [2.05, 4.69) is 5.32 Å². The number of hydrogen-bond acceptors (Lipinski definition) is 4. The highest BCUT2D eigenvalue weighted by Crippen LogP contribution is 2.49. The molecule has 1 atom stereocenters. The first-order chi connectivity index (χ1) is 15.1. The van der Waals surface area contributed by atoms with Crippen molar-refractivity contribution in [3.8, 4) is 5.75 Å². The van der Waals surface area contributed by atoms with E-state index in [1.165, 1.54) is 19.3 Å². The molecule has 1 saturated carbocycles. The Morgan fingerprint density at radius 1 is 1.10 bits per heavy atom. The van der Waals surface area contributed by atoms with Crippen molar-refractivity contribution in [3.05, 3.63) is 24.3 Å². The number of hydrogen-bond donors (Lipinski definition) is 1. The molecule has 2 saturated heterocycles. The lowest BCUT2D eigenvalue weighted by molar-refractivity contribution is -0.135. The minimum absolute atomic E-state index is 0.0443. The smallest absolute Gasteiger partial charge is 0.321 e. The molecule has 1 unspecified atom stereocenters. The molecular weight excluding hydrogens is 394 g/mol. The lowest BCUT2D eigenvalue weighted by Gasteiger charge is -2.38. The lowest BCUT2D eigenvalue weighted by Crippen LogP contribution is -2.41. The summed E-state index contributed by atoms with van der Waals surface area (Å²) in [6.45, 7) is 4.21. The van der Waals surface area contributed by atoms with Crippen LogP contribution in [-0.4, -0.2) is 68.2 Å². The van der Waals surface area contributed by atoms with E-state index < -0.39 is 0 Å². The van der Waals surface area contributed by atoms with Gasteiger partial charge in [-0.25, -0.2) is 4.79 Å². The minimum Gasteiger partial charge on any atom is -0.497 e. The number of ether oxygens (including phenoxy) is 2. The van der Waals surface area contributed by atoms with E-state index in [-0.39, 0.29) is 17.4 Å². The number of amides is 3. The summed E-state index contributed by atoms with van der Waals surface area (Å²) in [5, 5.41) is 3.04. The Hall–Kier alpha value is -2.28. The zero-order chi connectivity index (χ0) is 21.7. The molecule has 2 heterocycles. The average molecular weight is 430 g/mol. The number of benzene rings is 1. The van der Waals surface area contributed by atoms with Crippen LogP contribution < -0.4 is 10.1 Å². The highest BCUT2D eigenvalue weighted by atomic mass is 16.5. The molecule has 170 valence electrons. The Labute approximate surface area is 185 Å². The molecule has 3 fully saturated rings. The Morgan fingerprint density at radius 2 is 1.81 bits per heavy atom. The molecule has 1 aromatic rings. The maximum Gasteiger partial charge on any atom is 0.321 e. The first-order valence-electron chi connectivity index (χ1n) is 11.7. The van der Waals surface area contributed by atoms with Gasteiger partial charge < -0.3 is 24.6 Å². The van der Waals surface area contributed by atoms with E-state index in [0.29, 0.717) is 38.6 Å². The summed E-state index contributed by atoms with van der Waals surface area (Å²) < 4.78 is 10.6. The third kappa shape index (κ3) is 5.14. The standard InChI is InChI=1S/C24H35N3O4/c1-30-21-8-6-20(7-9-21)25-23(29)27-17-19(24(18-27)11-3-2-4-12-24)5-10-22(28)26-13-15-31-16-14-26/h6-9,19H,2-5,10-18H2,1H3,(H,25,29). The van der Waals surface area contributed by atoms with E-state index >= 15 is 0 Å². The van der Waals surface area contributed by atoms with Crippen molar-refractivity contribution < 1.29 is 19.1 Å². The minimum atomic E-state index is -0.0443. The Kier molecular flexibility index (Phi) is 7.00. The van der Waals surface area contributed by atoms with Gasteiger partial charge in [-0.2, -0.15) is 0 Å². The highest BCUT2D eigenvalue weighted by Gasteiger charge is 2.48. The number of methoxy groups -OCH3 is 1. The van der Waals surface area contributed by atoms with Crippen molar-refractivity contribution in [2.75, 3.05) is 51.8 Å². The van der Waals surface area contributed by atoms with Gasteiger partial charge in [0.05, 0.1) is 20.3 Å². The summed E-state index contributed by atoms with van der Waals surface area (Å²) in [6.07, 6.45) is 7.48. The van der Waals surface area contributed by atoms with Crippen LogP contribution in [0.15, 0.2) is 24.3 Å². The van der Waals surface area contributed by atoms with Crippen molar-refractivity contribution >= 4 is 17.6 Å². The highest BCUT2D eigenvalue weighted by molar-refractivity contribution is 5.89. The number of nitrogens with zero attached hydrogens (tertiary/aromatic N) is 2. The molecule has 7 heteroatoms. The number of anilines is 1. The molecule has 31 heavy (non-hydrogen) atoms. The quantitative estimate of drug-likeness (QED) is 0.774. The van der Waals surface area contributed by atoms with Crippen LogP contribution in [0.1, 0.15) is 44.9 Å². The second-order valence-electron chi connectivity index (χ2n) is 9.19. The summed E-state index contributed by atoms with van der Waals surface area (Å²) in [6, 6.07) is 7.38. The van der Waals surface area contributed by atoms with Gasteiger partial charge in [-0.1, -0.05) is 19.3 Å². The molecule has 0 radical (unpaired) electrons. The van der Waals surface area contributed by atoms with E-state index in [0.717, 1.165) is 43.8 Å². The number of nitrogens with one attached hydrogen (secondary N) is 1. The van der Waals surface area contributed by atoms with E-state index in [4.69, 9.17) is 9.47 Å². The largest absolute Gasteiger partial charge is 0.497 e. The van der Waals surface area contributed by atoms with Gasteiger partial charge in [0.2, 0.25) is 5.91 Å². The first-order valence-corrected chi connectivity index (χ1v) is 11.7. The van der Waals surface area contributed by atoms with Gasteiger partial charge in [-0.15, -0.1) is 0 Å². The van der Waals surface area contributed by atoms with Crippen LogP contribution in [0.4, 0.5) is 10.5 Å². The normalized spacial score (nSPS) is 23.1. The number of rotatable bonds is 5. The second-order valence-corrected chi connectivity index (χ2v) is 9.19. The van der Waals surface area contributed by atoms with Gasteiger partial charge in [0.25, 0.3) is 0 Å². The summed E-state index contributed by atoms with van der Waals surface area (Å²) in [7, 11) is 1.63. The zero-order valence-electron chi connectivity index (χ0n) is 18.6. The van der Waals surface area contributed by atoms with Gasteiger partial charge >= 0.3 is 6.03 Å². The fraction of sp³-hybridized carbons (Fsp3) is 0.667. The van der Waals surface area contributed by atoms with Crippen LogP contribution in [0.25, 0.3) is 0 Å². The molecule has 7 nitrogen and oxygen atoms in total. The van der Waals surface area contributed by atoms with Crippen molar-refractivity contribution in [1.82, 2.24) is 9.80 Å². The number of urea groups is 1. The summed E-state index contributed by atoms with van der Waals surface area (Å²) in [5.41, 5.74) is 0.940. The molecule has 1 N–H and O–H groups in total. The molecule has 1 aromatic carbocycles. The molecule has 3 aliphatic rings. The molecule has 0 bridgehead atoms. The lowest BCUT2D eigenvalue weighted by atomic mass is 9.66. The molecular formula is C24H35N3O4. The van der Waals surface area contributed by atoms with Crippen LogP contribution in [0, 0.1) is 11.3 Å². The Balaban J connectivity index is 1.38. The number of carbonyl (C=O) groups excluding carboxylic acids is 2. The fourth-order valence-electron chi connectivity index (χ4n) is 5.55. The third-order valence-corrected chi connectivity index (χ3v) is 7.36. The Bertz CT molecular complexity index is 755. The van der Waals surface area contributed by atoms with E-state index in [9.17, 15) is 9.59 Å². The van der Waals surface area contributed by atoms with Crippen LogP contribution in [0.2, 0.25) is 0 Å². The van der Waals surface area contributed by atoms with Gasteiger partial charge in [0, 0.05) is 38.3 Å². The molecule has 2 aliphatic heterocycles. The molecule has 4 rings (SSSR count). The van der Waals surface area contributed by atoms with Crippen molar-refractivity contribution in [1.29, 1.82) is 0 Å². The van der Waals surface area contributed by atoms with Gasteiger partial charge in [0.1, 0.15) is 5.75 Å². The van der Waals surface area contributed by atoms with E-state index in [1.54, 1.807) is 7.11 Å². The average Bonchev–Trinajstić information content (AvgIpc) is 3.16. The van der Waals surface area contributed by atoms with Gasteiger partial charge in [0.15, 0.2) is 0 Å². The zero-order valence-corrected chi connectivity index (χ0v) is 18.6. The SMILES string of the molecule is COc1ccc(NC(=O)N2CC(CCC(=O)N3CCOCC3)C3(CCCCC3)C2)cc1. The van der Waals surface area contributed by atoms with Crippen molar-refractivity contribution in [3.63, 3.8) is 0 Å². The summed E-state index contributed by atoms with van der Waals surface area (Å²) >= 11 is 0. The predicted octanol–water partition coefficient (Wildman–Crippen LogP) is 3.75. The van der Waals surface area contributed by atoms with Gasteiger partial charge in [-0.05, 0) is 54.9 Å². The maximum absolute atomic E-state index is 13.0. The summed E-state index contributed by atoms with van der Waals surface area (Å²) in [5.74, 6) is 1.39.